The van der Waals surface area contributed by atoms with Crippen LogP contribution in [0.15, 0.2) is 54.6 Å². The number of amides is 2. The number of likely N-dealkylation sites (tertiary alicyclic amines) is 1. The summed E-state index contributed by atoms with van der Waals surface area (Å²) >= 11 is 0. The number of nitrogens with one attached hydrogen (secondary N) is 1. The van der Waals surface area contributed by atoms with Gasteiger partial charge in [0.1, 0.15) is 12.1 Å². The normalized spacial score (nSPS) is 18.9. The third kappa shape index (κ3) is 7.05. The monoisotopic (exact) mass is 521 g/mol. The number of piperidine rings is 1. The largest absolute Gasteiger partial charge is 0.480 e. The summed E-state index contributed by atoms with van der Waals surface area (Å²) in [6.07, 6.45) is 1.46. The van der Waals surface area contributed by atoms with Gasteiger partial charge in [-0.3, -0.25) is 14.4 Å². The number of hydrogen-bond acceptors (Lipinski definition) is 6. The summed E-state index contributed by atoms with van der Waals surface area (Å²) in [4.78, 5) is 54.8. The van der Waals surface area contributed by atoms with E-state index >= 15 is 0 Å². The average Bonchev–Trinajstić information content (AvgIpc) is 2.94. The smallest absolute Gasteiger partial charge is 0.326 e. The standard InChI is InChI=1S/C29H35N3O6/c33-23-12-15-31(16-13-23)17-14-24(29(37)38)30-28(36)25-18-21-8-4-5-9-22(21)19-32(25)27(35)11-10-26(34)20-6-2-1-3-7-20/h1-9,23-25,33H,10-19H2,(H,30,36)(H,37,38)/t24-,25?/m0/s1. The van der Waals surface area contributed by atoms with Gasteiger partial charge in [0.25, 0.3) is 0 Å². The Morgan fingerprint density at radius 3 is 2.26 bits per heavy atom. The highest BCUT2D eigenvalue weighted by Crippen LogP contribution is 2.25. The number of aliphatic hydroxyl groups is 1. The van der Waals surface area contributed by atoms with Crippen molar-refractivity contribution >= 4 is 23.6 Å². The molecule has 2 aliphatic rings. The minimum absolute atomic E-state index is 0.0254. The summed E-state index contributed by atoms with van der Waals surface area (Å²) in [6, 6.07) is 14.4. The Kier molecular flexibility index (Phi) is 9.25. The third-order valence-corrected chi connectivity index (χ3v) is 7.44. The number of carbonyl (C=O) groups is 4. The van der Waals surface area contributed by atoms with Crippen LogP contribution in [-0.4, -0.2) is 81.4 Å². The Bertz CT molecular complexity index is 1150. The van der Waals surface area contributed by atoms with Crippen LogP contribution in [0.2, 0.25) is 0 Å². The van der Waals surface area contributed by atoms with Gasteiger partial charge >= 0.3 is 5.97 Å². The first-order valence-electron chi connectivity index (χ1n) is 13.2. The number of aliphatic hydroxyl groups excluding tert-OH is 1. The second kappa shape index (κ2) is 12.8. The maximum atomic E-state index is 13.4. The van der Waals surface area contributed by atoms with E-state index in [2.05, 4.69) is 10.2 Å². The summed E-state index contributed by atoms with van der Waals surface area (Å²) in [5.74, 6) is -2.10. The number of carbonyl (C=O) groups excluding carboxylic acids is 3. The number of hydrogen-bond donors (Lipinski definition) is 3. The number of nitrogens with zero attached hydrogens (tertiary/aromatic N) is 2. The van der Waals surface area contributed by atoms with Crippen molar-refractivity contribution in [3.63, 3.8) is 0 Å². The number of benzene rings is 2. The predicted octanol–water partition coefficient (Wildman–Crippen LogP) is 2.02. The number of carboxylic acids is 1. The highest BCUT2D eigenvalue weighted by molar-refractivity contribution is 5.98. The molecule has 9 nitrogen and oxygen atoms in total. The molecule has 0 radical (unpaired) electrons. The van der Waals surface area contributed by atoms with Crippen molar-refractivity contribution in [3.05, 3.63) is 71.3 Å². The number of fused-ring (bicyclic) bond motifs is 1. The Hall–Kier alpha value is -3.56. The molecule has 2 aromatic carbocycles. The molecule has 4 rings (SSSR count). The first kappa shape index (κ1) is 27.5. The van der Waals surface area contributed by atoms with E-state index in [9.17, 15) is 29.4 Å². The quantitative estimate of drug-likeness (QED) is 0.408. The molecule has 1 fully saturated rings. The predicted molar refractivity (Wildman–Crippen MR) is 140 cm³/mol. The van der Waals surface area contributed by atoms with Crippen LogP contribution in [0.1, 0.15) is 53.6 Å². The van der Waals surface area contributed by atoms with Crippen molar-refractivity contribution in [2.24, 2.45) is 0 Å². The van der Waals surface area contributed by atoms with Crippen LogP contribution in [0.4, 0.5) is 0 Å². The Labute approximate surface area is 222 Å². The maximum absolute atomic E-state index is 13.4. The second-order valence-electron chi connectivity index (χ2n) is 10.1. The van der Waals surface area contributed by atoms with Crippen LogP contribution < -0.4 is 5.32 Å². The molecule has 1 saturated heterocycles. The SMILES string of the molecule is O=C(CCC(=O)N1Cc2ccccc2CC1C(=O)N[C@@H](CCN1CCC(O)CC1)C(=O)O)c1ccccc1. The topological polar surface area (TPSA) is 127 Å². The van der Waals surface area contributed by atoms with Gasteiger partial charge in [0, 0.05) is 51.0 Å². The van der Waals surface area contributed by atoms with E-state index in [-0.39, 0.29) is 50.0 Å². The van der Waals surface area contributed by atoms with Gasteiger partial charge in [-0.15, -0.1) is 0 Å². The van der Waals surface area contributed by atoms with Gasteiger partial charge in [-0.1, -0.05) is 54.6 Å². The lowest BCUT2D eigenvalue weighted by molar-refractivity contribution is -0.145. The van der Waals surface area contributed by atoms with Gasteiger partial charge in [-0.2, -0.15) is 0 Å². The lowest BCUT2D eigenvalue weighted by Gasteiger charge is -2.37. The van der Waals surface area contributed by atoms with Crippen LogP contribution in [0.5, 0.6) is 0 Å². The first-order valence-corrected chi connectivity index (χ1v) is 13.2. The summed E-state index contributed by atoms with van der Waals surface area (Å²) < 4.78 is 0. The fourth-order valence-electron chi connectivity index (χ4n) is 5.13. The molecule has 2 amide bonds. The van der Waals surface area contributed by atoms with E-state index in [1.807, 2.05) is 30.3 Å². The van der Waals surface area contributed by atoms with E-state index in [0.717, 1.165) is 11.1 Å². The van der Waals surface area contributed by atoms with Crippen LogP contribution in [0.3, 0.4) is 0 Å². The molecular weight excluding hydrogens is 486 g/mol. The zero-order chi connectivity index (χ0) is 27.1. The molecule has 3 N–H and O–H groups in total. The molecule has 0 bridgehead atoms. The van der Waals surface area contributed by atoms with E-state index in [4.69, 9.17) is 0 Å². The zero-order valence-corrected chi connectivity index (χ0v) is 21.4. The first-order chi connectivity index (χ1) is 18.3. The Morgan fingerprint density at radius 2 is 1.58 bits per heavy atom. The van der Waals surface area contributed by atoms with Crippen molar-refractivity contribution in [1.82, 2.24) is 15.1 Å². The maximum Gasteiger partial charge on any atom is 0.326 e. The molecule has 38 heavy (non-hydrogen) atoms. The van der Waals surface area contributed by atoms with Gasteiger partial charge in [0.05, 0.1) is 6.10 Å². The summed E-state index contributed by atoms with van der Waals surface area (Å²) in [5.41, 5.74) is 2.41. The molecule has 0 aliphatic carbocycles. The molecule has 9 heteroatoms. The van der Waals surface area contributed by atoms with Crippen molar-refractivity contribution in [3.8, 4) is 0 Å². The average molecular weight is 522 g/mol. The van der Waals surface area contributed by atoms with Crippen molar-refractivity contribution in [2.75, 3.05) is 19.6 Å². The molecule has 2 atom stereocenters. The van der Waals surface area contributed by atoms with Crippen LogP contribution >= 0.6 is 0 Å². The molecule has 2 heterocycles. The highest BCUT2D eigenvalue weighted by atomic mass is 16.4. The van der Waals surface area contributed by atoms with E-state index in [0.29, 0.717) is 38.0 Å². The summed E-state index contributed by atoms with van der Waals surface area (Å²) in [6.45, 7) is 2.08. The van der Waals surface area contributed by atoms with Gasteiger partial charge < -0.3 is 25.3 Å². The van der Waals surface area contributed by atoms with Gasteiger partial charge in [-0.25, -0.2) is 4.79 Å². The van der Waals surface area contributed by atoms with Crippen molar-refractivity contribution < 1.29 is 29.4 Å². The molecule has 0 spiro atoms. The zero-order valence-electron chi connectivity index (χ0n) is 21.4. The number of carboxylic acid groups (broad SMARTS) is 1. The Morgan fingerprint density at radius 1 is 0.921 bits per heavy atom. The molecule has 202 valence electrons. The van der Waals surface area contributed by atoms with Crippen LogP contribution in [0, 0.1) is 0 Å². The number of ketones is 1. The van der Waals surface area contributed by atoms with Gasteiger partial charge in [-0.05, 0) is 30.4 Å². The summed E-state index contributed by atoms with van der Waals surface area (Å²) in [5, 5.41) is 22.1. The lowest BCUT2D eigenvalue weighted by Crippen LogP contribution is -2.56. The molecule has 2 aromatic rings. The van der Waals surface area contributed by atoms with Gasteiger partial charge in [0.15, 0.2) is 5.78 Å². The fourth-order valence-corrected chi connectivity index (χ4v) is 5.13. The minimum Gasteiger partial charge on any atom is -0.480 e. The third-order valence-electron chi connectivity index (χ3n) is 7.44. The highest BCUT2D eigenvalue weighted by Gasteiger charge is 2.36. The molecular formula is C29H35N3O6. The van der Waals surface area contributed by atoms with E-state index in [1.165, 1.54) is 4.90 Å². The van der Waals surface area contributed by atoms with Gasteiger partial charge in [0.2, 0.25) is 11.8 Å². The number of Topliss-reactive ketones (excluding diaryl/α,β-unsaturated/α-hetero) is 1. The lowest BCUT2D eigenvalue weighted by atomic mass is 9.92. The van der Waals surface area contributed by atoms with E-state index in [1.54, 1.807) is 24.3 Å². The number of aliphatic carboxylic acids is 1. The minimum atomic E-state index is -1.13. The molecule has 1 unspecified atom stereocenters. The van der Waals surface area contributed by atoms with Crippen molar-refractivity contribution in [2.45, 2.75) is 63.3 Å². The van der Waals surface area contributed by atoms with Crippen molar-refractivity contribution in [1.29, 1.82) is 0 Å². The second-order valence-corrected chi connectivity index (χ2v) is 10.1. The van der Waals surface area contributed by atoms with Crippen LogP contribution in [-0.2, 0) is 27.3 Å². The Balaban J connectivity index is 1.42. The number of rotatable bonds is 10. The fraction of sp³-hybridized carbons (Fsp3) is 0.448. The molecule has 0 saturated carbocycles. The van der Waals surface area contributed by atoms with Crippen LogP contribution in [0.25, 0.3) is 0 Å². The summed E-state index contributed by atoms with van der Waals surface area (Å²) in [7, 11) is 0. The molecule has 2 aliphatic heterocycles. The van der Waals surface area contributed by atoms with E-state index < -0.39 is 24.0 Å². The molecule has 0 aromatic heterocycles.